The van der Waals surface area contributed by atoms with Gasteiger partial charge in [-0.3, -0.25) is 28.2 Å². The molecule has 0 amide bonds. The number of phosphoric acid groups is 1. The molecule has 3 rings (SSSR count). The summed E-state index contributed by atoms with van der Waals surface area (Å²) < 4.78 is 73.4. The molecule has 0 aromatic heterocycles. The molecule has 116 heavy (non-hydrogen) atoms. The van der Waals surface area contributed by atoms with Gasteiger partial charge in [0.25, 0.3) is 0 Å². The quantitative estimate of drug-likeness (QED) is 0.00889. The molecule has 3 fully saturated rings. The largest absolute Gasteiger partial charge is 0.472 e. The van der Waals surface area contributed by atoms with E-state index in [1.807, 2.05) is 0 Å². The van der Waals surface area contributed by atoms with Crippen molar-refractivity contribution in [2.75, 3.05) is 26.4 Å². The molecule has 1 saturated carbocycles. The first-order valence-corrected chi connectivity index (χ1v) is 48.3. The molecule has 0 aromatic carbocycles. The first-order valence-electron chi connectivity index (χ1n) is 46.8. The molecule has 0 spiro atoms. The smallest absolute Gasteiger partial charge is 0.463 e. The lowest BCUT2D eigenvalue weighted by atomic mass is 9.84. The summed E-state index contributed by atoms with van der Waals surface area (Å²) in [6.07, 6.45) is 25.0. The third-order valence-electron chi connectivity index (χ3n) is 23.2. The van der Waals surface area contributed by atoms with E-state index in [0.717, 1.165) is 122 Å². The number of esters is 4. The maximum Gasteiger partial charge on any atom is 0.472 e. The zero-order chi connectivity index (χ0) is 84.8. The summed E-state index contributed by atoms with van der Waals surface area (Å²) in [6, 6.07) is 0. The van der Waals surface area contributed by atoms with Crippen LogP contribution >= 0.6 is 7.82 Å². The molecule has 1 aliphatic carbocycles. The van der Waals surface area contributed by atoms with Gasteiger partial charge in [-0.25, -0.2) is 4.57 Å². The van der Waals surface area contributed by atoms with Crippen LogP contribution in [-0.4, -0.2) is 205 Å². The monoisotopic (exact) mass is 1680 g/mol. The molecule has 19 atom stereocenters. The van der Waals surface area contributed by atoms with Crippen LogP contribution in [0.5, 0.6) is 0 Å². The number of carbonyl (C=O) groups is 4. The van der Waals surface area contributed by atoms with E-state index in [4.69, 9.17) is 46.9 Å². The van der Waals surface area contributed by atoms with Crippen LogP contribution in [0.15, 0.2) is 12.2 Å². The SMILES string of the molecule is CCCCCCCC/C=C\CCCCCC(=O)OCC1OC(OC2C(OC(=O)CCCCCCCCCCCCCCCCC)C(O)C(O)C(OC3OC(CO)C(O)C(O)C3O)C2OP(=O)(O)OCC(COC(=O)CCCCCCCCC(C)CCCCCCCC)OC(=O)CCCCCCCCCCCCCCC)C(O)C(O)C1O. The Labute approximate surface area is 699 Å². The number of aliphatic hydroxyl groups excluding tert-OH is 9. The van der Waals surface area contributed by atoms with E-state index in [1.54, 1.807) is 0 Å². The fourth-order valence-electron chi connectivity index (χ4n) is 15.6. The standard InChI is InChI=1S/C90H167O25P/c1-6-10-14-18-22-25-28-31-32-35-38-41-44-52-58-64-76(95)112-85-81(100)82(101)86(113-89-83(102)79(98)77(96)71(65-91)110-89)88(87(85)114-90-84(103)80(99)78(97)72(111-90)68-107-74(93)62-56-49-42-39-36-33-29-26-23-19-15-11-7-2)115-116(104,105)108-67-70(109-75(94)63-57-51-43-40-37-34-30-27-24-20-16-12-8-3)66-106-73(92)61-55-50-46-45-48-54-60-69(5)59-53-47-21-17-13-9-4/h33,36,69-72,77-91,96-103H,6-32,34-35,37-68H2,1-5H3,(H,104,105)/b36-33-. The minimum Gasteiger partial charge on any atom is -0.463 e. The van der Waals surface area contributed by atoms with Gasteiger partial charge in [-0.1, -0.05) is 336 Å². The van der Waals surface area contributed by atoms with Crippen LogP contribution in [0.25, 0.3) is 0 Å². The third kappa shape index (κ3) is 48.9. The van der Waals surface area contributed by atoms with E-state index in [9.17, 15) is 74.6 Å². The molecule has 19 unspecified atom stereocenters. The van der Waals surface area contributed by atoms with Gasteiger partial charge >= 0.3 is 31.7 Å². The van der Waals surface area contributed by atoms with Crippen molar-refractivity contribution in [3.05, 3.63) is 12.2 Å². The van der Waals surface area contributed by atoms with E-state index < -0.39 is 162 Å². The van der Waals surface area contributed by atoms with Crippen molar-refractivity contribution in [3.8, 4) is 0 Å². The highest BCUT2D eigenvalue weighted by atomic mass is 31.2. The number of ether oxygens (including phenoxy) is 8. The van der Waals surface area contributed by atoms with Gasteiger partial charge in [-0.15, -0.1) is 0 Å². The van der Waals surface area contributed by atoms with Crippen LogP contribution in [-0.2, 0) is 70.7 Å². The Morgan fingerprint density at radius 2 is 0.698 bits per heavy atom. The molecular weight excluding hydrogens is 1510 g/mol. The van der Waals surface area contributed by atoms with Crippen molar-refractivity contribution in [3.63, 3.8) is 0 Å². The Hall–Kier alpha value is -2.79. The number of phosphoric ester groups is 1. The highest BCUT2D eigenvalue weighted by Crippen LogP contribution is 2.49. The Bertz CT molecular complexity index is 2480. The lowest BCUT2D eigenvalue weighted by Crippen LogP contribution is -2.70. The summed E-state index contributed by atoms with van der Waals surface area (Å²) in [5, 5.41) is 102. The highest BCUT2D eigenvalue weighted by molar-refractivity contribution is 7.47. The maximum absolute atomic E-state index is 14.9. The molecule has 25 nitrogen and oxygen atoms in total. The number of hydrogen-bond acceptors (Lipinski definition) is 24. The fourth-order valence-corrected chi connectivity index (χ4v) is 16.6. The van der Waals surface area contributed by atoms with Crippen LogP contribution in [0.2, 0.25) is 0 Å². The molecule has 2 aliphatic heterocycles. The van der Waals surface area contributed by atoms with Crippen LogP contribution < -0.4 is 0 Å². The zero-order valence-electron chi connectivity index (χ0n) is 72.7. The second kappa shape index (κ2) is 68.6. The molecule has 2 heterocycles. The van der Waals surface area contributed by atoms with Crippen molar-refractivity contribution in [2.45, 2.75) is 505 Å². The van der Waals surface area contributed by atoms with Crippen molar-refractivity contribution in [1.82, 2.24) is 0 Å². The Morgan fingerprint density at radius 1 is 0.362 bits per heavy atom. The Morgan fingerprint density at radius 3 is 1.12 bits per heavy atom. The normalized spacial score (nSPS) is 25.4. The van der Waals surface area contributed by atoms with Crippen LogP contribution in [0, 0.1) is 5.92 Å². The summed E-state index contributed by atoms with van der Waals surface area (Å²) in [5.74, 6) is -2.28. The van der Waals surface area contributed by atoms with Gasteiger partial charge in [0.1, 0.15) is 92.6 Å². The van der Waals surface area contributed by atoms with Gasteiger partial charge in [0, 0.05) is 25.7 Å². The van der Waals surface area contributed by atoms with Crippen LogP contribution in [0.1, 0.15) is 401 Å². The highest BCUT2D eigenvalue weighted by Gasteiger charge is 2.60. The van der Waals surface area contributed by atoms with Crippen molar-refractivity contribution in [1.29, 1.82) is 0 Å². The summed E-state index contributed by atoms with van der Waals surface area (Å²) in [6.45, 7) is 7.92. The minimum absolute atomic E-state index is 0.00468. The summed E-state index contributed by atoms with van der Waals surface area (Å²) in [4.78, 5) is 66.4. The molecule has 0 bridgehead atoms. The van der Waals surface area contributed by atoms with Gasteiger partial charge < -0.3 is 88.7 Å². The molecule has 2 saturated heterocycles. The van der Waals surface area contributed by atoms with Crippen molar-refractivity contribution < 1.29 is 122 Å². The molecule has 682 valence electrons. The first-order chi connectivity index (χ1) is 56.1. The number of allylic oxidation sites excluding steroid dienone is 2. The van der Waals surface area contributed by atoms with E-state index in [2.05, 4.69) is 46.8 Å². The molecular formula is C90H167O25P. The van der Waals surface area contributed by atoms with Crippen LogP contribution in [0.3, 0.4) is 0 Å². The molecule has 0 radical (unpaired) electrons. The zero-order valence-corrected chi connectivity index (χ0v) is 73.6. The average molecular weight is 1680 g/mol. The van der Waals surface area contributed by atoms with Gasteiger partial charge in [0.15, 0.2) is 24.8 Å². The first kappa shape index (κ1) is 107. The fraction of sp³-hybridized carbons (Fsp3) is 0.933. The second-order valence-electron chi connectivity index (χ2n) is 33.8. The Balaban J connectivity index is 1.93. The van der Waals surface area contributed by atoms with Crippen molar-refractivity contribution >= 4 is 31.7 Å². The van der Waals surface area contributed by atoms with E-state index >= 15 is 0 Å². The summed E-state index contributed by atoms with van der Waals surface area (Å²) >= 11 is 0. The predicted molar refractivity (Wildman–Crippen MR) is 449 cm³/mol. The number of carbonyl (C=O) groups excluding carboxylic acids is 4. The molecule has 3 aliphatic rings. The van der Waals surface area contributed by atoms with Gasteiger partial charge in [0.2, 0.25) is 0 Å². The predicted octanol–water partition coefficient (Wildman–Crippen LogP) is 17.0. The summed E-state index contributed by atoms with van der Waals surface area (Å²) in [7, 11) is -5.81. The number of aliphatic hydroxyl groups is 9. The maximum atomic E-state index is 14.9. The topological polar surface area (TPSA) is 380 Å². The Kier molecular flexibility index (Phi) is 63.5. The lowest BCUT2D eigenvalue weighted by molar-refractivity contribution is -0.360. The second-order valence-corrected chi connectivity index (χ2v) is 35.2. The van der Waals surface area contributed by atoms with Gasteiger partial charge in [0.05, 0.1) is 13.2 Å². The molecule has 26 heteroatoms. The van der Waals surface area contributed by atoms with Crippen LogP contribution in [0.4, 0.5) is 0 Å². The van der Waals surface area contributed by atoms with E-state index in [1.165, 1.54) is 180 Å². The average Bonchev–Trinajstić information content (AvgIpc) is 0.754. The lowest BCUT2D eigenvalue weighted by Gasteiger charge is -2.50. The van der Waals surface area contributed by atoms with Crippen molar-refractivity contribution in [2.24, 2.45) is 5.92 Å². The van der Waals surface area contributed by atoms with Gasteiger partial charge in [-0.05, 0) is 57.3 Å². The minimum atomic E-state index is -5.81. The van der Waals surface area contributed by atoms with Gasteiger partial charge in [-0.2, -0.15) is 0 Å². The summed E-state index contributed by atoms with van der Waals surface area (Å²) in [5.41, 5.74) is 0. The van der Waals surface area contributed by atoms with E-state index in [0.29, 0.717) is 44.4 Å². The number of rotatable bonds is 75. The molecule has 0 aromatic rings. The third-order valence-corrected chi connectivity index (χ3v) is 24.2. The number of hydrogen-bond donors (Lipinski definition) is 10. The van der Waals surface area contributed by atoms with E-state index in [-0.39, 0.29) is 25.7 Å². The number of unbranched alkanes of at least 4 members (excludes halogenated alkanes) is 45. The molecule has 10 N–H and O–H groups in total.